The van der Waals surface area contributed by atoms with Crippen molar-refractivity contribution >= 4 is 0 Å². The van der Waals surface area contributed by atoms with Gasteiger partial charge in [-0.3, -0.25) is 0 Å². The van der Waals surface area contributed by atoms with Crippen LogP contribution in [0.5, 0.6) is 0 Å². The van der Waals surface area contributed by atoms with Gasteiger partial charge in [-0.2, -0.15) is 0 Å². The largest absolute Gasteiger partial charge is 0.333 e. The molecular weight excluding hydrogens is 345 g/mol. The molecule has 3 heteroatoms. The number of nitrogens with zero attached hydrogens (tertiary/aromatic N) is 2. The summed E-state index contributed by atoms with van der Waals surface area (Å²) in [6, 6.07) is 10.3. The summed E-state index contributed by atoms with van der Waals surface area (Å²) >= 11 is 0. The van der Waals surface area contributed by atoms with Crippen LogP contribution in [-0.4, -0.2) is 9.55 Å². The number of hydrogen-bond acceptors (Lipinski definition) is 1. The molecule has 0 aliphatic rings. The molecule has 0 saturated carbocycles. The van der Waals surface area contributed by atoms with Gasteiger partial charge in [0.25, 0.3) is 0 Å². The summed E-state index contributed by atoms with van der Waals surface area (Å²) in [5.74, 6) is 0. The van der Waals surface area contributed by atoms with Gasteiger partial charge in [-0.1, -0.05) is 30.3 Å². The average molecular weight is 355 g/mol. The fourth-order valence-electron chi connectivity index (χ4n) is 1.17. The van der Waals surface area contributed by atoms with Gasteiger partial charge in [-0.15, -0.1) is 0 Å². The van der Waals surface area contributed by atoms with Crippen LogP contribution in [0.3, 0.4) is 0 Å². The van der Waals surface area contributed by atoms with Gasteiger partial charge in [0, 0.05) is 41.3 Å². The zero-order valence-electron chi connectivity index (χ0n) is 7.02. The number of hydrogen-bond donors (Lipinski definition) is 0. The maximum Gasteiger partial charge on any atom is 0.0949 e. The van der Waals surface area contributed by atoms with E-state index in [-0.39, 0.29) is 22.4 Å². The third-order valence-electron chi connectivity index (χ3n) is 1.77. The molecule has 1 aromatic heterocycles. The first-order chi connectivity index (χ1) is 5.95. The van der Waals surface area contributed by atoms with Crippen molar-refractivity contribution in [1.82, 2.24) is 9.55 Å². The molecular formula is C10H10AuN2. The normalized spacial score (nSPS) is 9.23. The van der Waals surface area contributed by atoms with Crippen LogP contribution in [0.4, 0.5) is 0 Å². The predicted molar refractivity (Wildman–Crippen MR) is 47.8 cm³/mol. The molecule has 2 rings (SSSR count). The van der Waals surface area contributed by atoms with Gasteiger partial charge in [0.2, 0.25) is 0 Å². The van der Waals surface area contributed by atoms with Crippen LogP contribution >= 0.6 is 0 Å². The summed E-state index contributed by atoms with van der Waals surface area (Å²) in [4.78, 5) is 3.98. The quantitative estimate of drug-likeness (QED) is 0.753. The Hall–Kier alpha value is -0.830. The van der Waals surface area contributed by atoms with E-state index in [9.17, 15) is 0 Å². The maximum atomic E-state index is 3.98. The van der Waals surface area contributed by atoms with Crippen molar-refractivity contribution in [3.8, 4) is 0 Å². The van der Waals surface area contributed by atoms with Crippen molar-refractivity contribution < 1.29 is 22.4 Å². The summed E-state index contributed by atoms with van der Waals surface area (Å²) in [7, 11) is 0. The fraction of sp³-hybridized carbons (Fsp3) is 0.100. The second kappa shape index (κ2) is 5.02. The third-order valence-corrected chi connectivity index (χ3v) is 1.77. The van der Waals surface area contributed by atoms with E-state index in [1.807, 2.05) is 30.7 Å². The van der Waals surface area contributed by atoms with Crippen molar-refractivity contribution in [2.24, 2.45) is 0 Å². The van der Waals surface area contributed by atoms with Crippen LogP contribution in [0.15, 0.2) is 49.1 Å². The first-order valence-electron chi connectivity index (χ1n) is 3.95. The van der Waals surface area contributed by atoms with Crippen LogP contribution < -0.4 is 0 Å². The Morgan fingerprint density at radius 1 is 1.15 bits per heavy atom. The number of rotatable bonds is 2. The molecule has 1 radical (unpaired) electrons. The number of benzene rings is 1. The molecule has 2 nitrogen and oxygen atoms in total. The van der Waals surface area contributed by atoms with Gasteiger partial charge in [0.1, 0.15) is 0 Å². The first kappa shape index (κ1) is 10.3. The van der Waals surface area contributed by atoms with E-state index in [0.29, 0.717) is 0 Å². The van der Waals surface area contributed by atoms with E-state index in [1.54, 1.807) is 6.20 Å². The molecule has 0 saturated heterocycles. The average Bonchev–Trinajstić information content (AvgIpc) is 2.59. The maximum absolute atomic E-state index is 3.98. The minimum absolute atomic E-state index is 0. The Balaban J connectivity index is 0.000000845. The van der Waals surface area contributed by atoms with E-state index in [0.717, 1.165) is 6.54 Å². The molecule has 0 bridgehead atoms. The minimum atomic E-state index is 0. The van der Waals surface area contributed by atoms with Crippen molar-refractivity contribution in [2.75, 3.05) is 0 Å². The monoisotopic (exact) mass is 355 g/mol. The standard InChI is InChI=1S/C10H10N2.Au/c1-2-4-10(5-3-1)8-12-7-6-11-9-12;/h1-7,9H,8H2;. The molecule has 13 heavy (non-hydrogen) atoms. The summed E-state index contributed by atoms with van der Waals surface area (Å²) in [6.07, 6.45) is 5.59. The minimum Gasteiger partial charge on any atom is -0.333 e. The molecule has 0 amide bonds. The second-order valence-corrected chi connectivity index (χ2v) is 2.72. The first-order valence-corrected chi connectivity index (χ1v) is 3.95. The predicted octanol–water partition coefficient (Wildman–Crippen LogP) is 1.93. The molecule has 1 heterocycles. The molecule has 2 aromatic rings. The van der Waals surface area contributed by atoms with Crippen LogP contribution in [0, 0.1) is 0 Å². The number of imidazole rings is 1. The van der Waals surface area contributed by atoms with Crippen molar-refractivity contribution in [3.63, 3.8) is 0 Å². The molecule has 0 aliphatic heterocycles. The molecule has 71 valence electrons. The molecule has 0 unspecified atom stereocenters. The van der Waals surface area contributed by atoms with E-state index in [2.05, 4.69) is 21.7 Å². The fourth-order valence-corrected chi connectivity index (χ4v) is 1.17. The molecule has 0 aliphatic carbocycles. The van der Waals surface area contributed by atoms with Crippen molar-refractivity contribution in [3.05, 3.63) is 54.6 Å². The Morgan fingerprint density at radius 2 is 1.92 bits per heavy atom. The zero-order valence-corrected chi connectivity index (χ0v) is 9.19. The van der Waals surface area contributed by atoms with Crippen LogP contribution in [0.1, 0.15) is 5.56 Å². The van der Waals surface area contributed by atoms with Crippen LogP contribution in [0.25, 0.3) is 0 Å². The van der Waals surface area contributed by atoms with Gasteiger partial charge >= 0.3 is 0 Å². The van der Waals surface area contributed by atoms with Gasteiger partial charge in [-0.05, 0) is 5.56 Å². The van der Waals surface area contributed by atoms with Gasteiger partial charge in [-0.25, -0.2) is 4.98 Å². The summed E-state index contributed by atoms with van der Waals surface area (Å²) in [5.41, 5.74) is 1.30. The summed E-state index contributed by atoms with van der Waals surface area (Å²) in [6.45, 7) is 0.904. The molecule has 0 N–H and O–H groups in total. The van der Waals surface area contributed by atoms with Gasteiger partial charge in [0.05, 0.1) is 6.33 Å². The summed E-state index contributed by atoms with van der Waals surface area (Å²) in [5, 5.41) is 0. The Kier molecular flexibility index (Phi) is 3.96. The van der Waals surface area contributed by atoms with Gasteiger partial charge < -0.3 is 4.57 Å². The molecule has 1 aromatic carbocycles. The van der Waals surface area contributed by atoms with E-state index in [1.165, 1.54) is 5.56 Å². The second-order valence-electron chi connectivity index (χ2n) is 2.72. The van der Waals surface area contributed by atoms with E-state index in [4.69, 9.17) is 0 Å². The Bertz CT molecular complexity index is 329. The van der Waals surface area contributed by atoms with Crippen LogP contribution in [-0.2, 0) is 28.9 Å². The van der Waals surface area contributed by atoms with E-state index < -0.39 is 0 Å². The van der Waals surface area contributed by atoms with Crippen molar-refractivity contribution in [2.45, 2.75) is 6.54 Å². The molecule has 0 atom stereocenters. The zero-order chi connectivity index (χ0) is 8.23. The topological polar surface area (TPSA) is 17.8 Å². The Labute approximate surface area is 93.1 Å². The van der Waals surface area contributed by atoms with Crippen LogP contribution in [0.2, 0.25) is 0 Å². The molecule has 0 spiro atoms. The van der Waals surface area contributed by atoms with E-state index >= 15 is 0 Å². The number of aromatic nitrogens is 2. The summed E-state index contributed by atoms with van der Waals surface area (Å²) < 4.78 is 2.05. The Morgan fingerprint density at radius 3 is 2.54 bits per heavy atom. The SMILES string of the molecule is [Au].c1ccc(Cn2ccnc2)cc1. The smallest absolute Gasteiger partial charge is 0.0949 e. The molecule has 0 fully saturated rings. The van der Waals surface area contributed by atoms with Crippen molar-refractivity contribution in [1.29, 1.82) is 0 Å². The van der Waals surface area contributed by atoms with Gasteiger partial charge in [0.15, 0.2) is 0 Å². The third kappa shape index (κ3) is 2.85.